The average Bonchev–Trinajstić information content (AvgIpc) is 2.96. The van der Waals surface area contributed by atoms with Crippen LogP contribution in [0.1, 0.15) is 110 Å². The summed E-state index contributed by atoms with van der Waals surface area (Å²) >= 11 is 0. The molecule has 0 fully saturated rings. The highest BCUT2D eigenvalue weighted by Crippen LogP contribution is 2.43. The van der Waals surface area contributed by atoms with Crippen molar-refractivity contribution >= 4 is 7.82 Å². The summed E-state index contributed by atoms with van der Waals surface area (Å²) in [6, 6.07) is 0. The molecule has 0 bridgehead atoms. The zero-order valence-electron chi connectivity index (χ0n) is 25.5. The van der Waals surface area contributed by atoms with Crippen LogP contribution in [0, 0.1) is 0 Å². The molecule has 0 saturated heterocycles. The summed E-state index contributed by atoms with van der Waals surface area (Å²) in [6.45, 7) is 1.13. The van der Waals surface area contributed by atoms with Crippen molar-refractivity contribution in [1.82, 2.24) is 0 Å². The third-order valence-corrected chi connectivity index (χ3v) is 7.21. The molecule has 0 aliphatic carbocycles. The van der Waals surface area contributed by atoms with E-state index in [1.54, 1.807) is 0 Å². The Kier molecular flexibility index (Phi) is 29.6. The number of rotatable bonds is 30. The molecule has 0 rings (SSSR count). The molecule has 0 aromatic rings. The van der Waals surface area contributed by atoms with Gasteiger partial charge in [0.1, 0.15) is 12.2 Å². The Morgan fingerprint density at radius 3 is 1.56 bits per heavy atom. The highest BCUT2D eigenvalue weighted by atomic mass is 31.2. The second-order valence-electron chi connectivity index (χ2n) is 10.3. The van der Waals surface area contributed by atoms with Gasteiger partial charge in [-0.25, -0.2) is 4.57 Å². The normalized spacial score (nSPS) is 15.5. The minimum Gasteiger partial charge on any atom is -0.394 e. The SMILES string of the molecule is CC/C=C\C/C=C\C/C=C\C/C=C\CCCCCCCCCCCCCOCC(O)COP(=O)(O)OCC(O)CO. The first-order chi connectivity index (χ1) is 19.9. The monoisotopic (exact) mass is 602 g/mol. The third-order valence-electron chi connectivity index (χ3n) is 6.26. The lowest BCUT2D eigenvalue weighted by molar-refractivity contribution is -0.00437. The van der Waals surface area contributed by atoms with E-state index in [0.29, 0.717) is 6.61 Å². The minimum absolute atomic E-state index is 0.00269. The molecule has 0 aliphatic rings. The first-order valence-corrected chi connectivity index (χ1v) is 17.2. The van der Waals surface area contributed by atoms with Crippen molar-refractivity contribution in [3.05, 3.63) is 48.6 Å². The maximum atomic E-state index is 11.6. The van der Waals surface area contributed by atoms with Crippen molar-refractivity contribution < 1.29 is 38.6 Å². The lowest BCUT2D eigenvalue weighted by atomic mass is 10.1. The van der Waals surface area contributed by atoms with Crippen molar-refractivity contribution in [2.75, 3.05) is 33.0 Å². The fourth-order valence-electron chi connectivity index (χ4n) is 3.87. The number of phosphoric ester groups is 1. The summed E-state index contributed by atoms with van der Waals surface area (Å²) in [4.78, 5) is 9.44. The van der Waals surface area contributed by atoms with Crippen LogP contribution in [0.3, 0.4) is 0 Å². The Morgan fingerprint density at radius 1 is 0.610 bits per heavy atom. The lowest BCUT2D eigenvalue weighted by Gasteiger charge is -2.16. The van der Waals surface area contributed by atoms with Crippen LogP contribution >= 0.6 is 7.82 Å². The molecule has 3 atom stereocenters. The summed E-state index contributed by atoms with van der Waals surface area (Å²) in [5, 5.41) is 27.6. The van der Waals surface area contributed by atoms with Gasteiger partial charge in [-0.15, -0.1) is 0 Å². The molecular weight excluding hydrogens is 543 g/mol. The van der Waals surface area contributed by atoms with E-state index in [-0.39, 0.29) is 6.61 Å². The second kappa shape index (κ2) is 30.4. The maximum Gasteiger partial charge on any atom is 0.472 e. The van der Waals surface area contributed by atoms with E-state index in [4.69, 9.17) is 14.9 Å². The van der Waals surface area contributed by atoms with Crippen LogP contribution in [-0.4, -0.2) is 65.5 Å². The zero-order valence-corrected chi connectivity index (χ0v) is 26.4. The summed E-state index contributed by atoms with van der Waals surface area (Å²) in [7, 11) is -4.39. The standard InChI is InChI=1S/C32H59O8P/c1-2-3-4-5-6-7-8-9-10-11-12-13-14-15-16-17-18-19-20-21-22-23-24-25-26-38-28-32(35)30-40-41(36,37)39-29-31(34)27-33/h3-4,6-7,9-10,12-13,31-35H,2,5,8,11,14-30H2,1H3,(H,36,37)/b4-3-,7-6-,10-9-,13-12-. The van der Waals surface area contributed by atoms with Crippen LogP contribution < -0.4 is 0 Å². The first-order valence-electron chi connectivity index (χ1n) is 15.7. The maximum absolute atomic E-state index is 11.6. The minimum atomic E-state index is -4.39. The van der Waals surface area contributed by atoms with E-state index in [2.05, 4.69) is 64.6 Å². The molecule has 240 valence electrons. The van der Waals surface area contributed by atoms with E-state index < -0.39 is 39.9 Å². The Balaban J connectivity index is 3.38. The Hall–Kier alpha value is -1.09. The van der Waals surface area contributed by atoms with Gasteiger partial charge in [-0.3, -0.25) is 9.05 Å². The summed E-state index contributed by atoms with van der Waals surface area (Å²) in [6.07, 6.45) is 34.6. The van der Waals surface area contributed by atoms with Crippen LogP contribution in [0.4, 0.5) is 0 Å². The zero-order chi connectivity index (χ0) is 30.3. The molecule has 3 unspecified atom stereocenters. The van der Waals surface area contributed by atoms with Crippen molar-refractivity contribution in [3.8, 4) is 0 Å². The molecule has 0 saturated carbocycles. The molecule has 4 N–H and O–H groups in total. The van der Waals surface area contributed by atoms with Gasteiger partial charge in [-0.05, 0) is 44.9 Å². The molecule has 0 aromatic carbocycles. The highest BCUT2D eigenvalue weighted by molar-refractivity contribution is 7.47. The third kappa shape index (κ3) is 31.7. The molecule has 0 aliphatic heterocycles. The quantitative estimate of drug-likeness (QED) is 0.0382. The van der Waals surface area contributed by atoms with E-state index in [1.165, 1.54) is 64.2 Å². The Morgan fingerprint density at radius 2 is 1.05 bits per heavy atom. The van der Waals surface area contributed by atoms with Crippen molar-refractivity contribution in [2.24, 2.45) is 0 Å². The fraction of sp³-hybridized carbons (Fsp3) is 0.750. The van der Waals surface area contributed by atoms with Crippen molar-refractivity contribution in [3.63, 3.8) is 0 Å². The Labute approximate surface area is 249 Å². The largest absolute Gasteiger partial charge is 0.472 e. The van der Waals surface area contributed by atoms with Crippen LogP contribution in [0.2, 0.25) is 0 Å². The van der Waals surface area contributed by atoms with E-state index >= 15 is 0 Å². The molecule has 0 radical (unpaired) electrons. The number of aliphatic hydroxyl groups is 3. The van der Waals surface area contributed by atoms with E-state index in [0.717, 1.165) is 38.5 Å². The molecule has 41 heavy (non-hydrogen) atoms. The number of phosphoric acid groups is 1. The predicted octanol–water partition coefficient (Wildman–Crippen LogP) is 7.34. The van der Waals surface area contributed by atoms with Crippen LogP contribution in [0.15, 0.2) is 48.6 Å². The van der Waals surface area contributed by atoms with Crippen molar-refractivity contribution in [1.29, 1.82) is 0 Å². The number of allylic oxidation sites excluding steroid dienone is 8. The van der Waals surface area contributed by atoms with Crippen LogP contribution in [-0.2, 0) is 18.3 Å². The van der Waals surface area contributed by atoms with Crippen molar-refractivity contribution in [2.45, 2.75) is 122 Å². The van der Waals surface area contributed by atoms with Gasteiger partial charge in [0.15, 0.2) is 0 Å². The molecule has 9 heteroatoms. The molecule has 0 amide bonds. The van der Waals surface area contributed by atoms with Gasteiger partial charge in [0.2, 0.25) is 0 Å². The van der Waals surface area contributed by atoms with Crippen LogP contribution in [0.5, 0.6) is 0 Å². The van der Waals surface area contributed by atoms with Gasteiger partial charge < -0.3 is 24.9 Å². The van der Waals surface area contributed by atoms with E-state index in [9.17, 15) is 14.6 Å². The number of ether oxygens (including phenoxy) is 1. The van der Waals surface area contributed by atoms with Gasteiger partial charge in [-0.1, -0.05) is 113 Å². The fourth-order valence-corrected chi connectivity index (χ4v) is 4.67. The molecular formula is C32H59O8P. The summed E-state index contributed by atoms with van der Waals surface area (Å²) in [5.74, 6) is 0. The second-order valence-corrected chi connectivity index (χ2v) is 11.8. The van der Waals surface area contributed by atoms with Crippen LogP contribution in [0.25, 0.3) is 0 Å². The number of aliphatic hydroxyl groups excluding tert-OH is 3. The lowest BCUT2D eigenvalue weighted by Crippen LogP contribution is -2.23. The Bertz CT molecular complexity index is 722. The topological polar surface area (TPSA) is 126 Å². The van der Waals surface area contributed by atoms with E-state index in [1.807, 2.05) is 0 Å². The number of hydrogen-bond donors (Lipinski definition) is 4. The smallest absolute Gasteiger partial charge is 0.394 e. The molecule has 8 nitrogen and oxygen atoms in total. The van der Waals surface area contributed by atoms with Gasteiger partial charge >= 0.3 is 7.82 Å². The molecule has 0 heterocycles. The molecule has 0 aromatic heterocycles. The average molecular weight is 603 g/mol. The number of unbranched alkanes of at least 4 members (excludes halogenated alkanes) is 11. The summed E-state index contributed by atoms with van der Waals surface area (Å²) < 4.78 is 26.2. The number of hydrogen-bond acceptors (Lipinski definition) is 7. The highest BCUT2D eigenvalue weighted by Gasteiger charge is 2.24. The van der Waals surface area contributed by atoms with Gasteiger partial charge in [-0.2, -0.15) is 0 Å². The van der Waals surface area contributed by atoms with Gasteiger partial charge in [0.05, 0.1) is 26.4 Å². The molecule has 0 spiro atoms. The summed E-state index contributed by atoms with van der Waals surface area (Å²) in [5.41, 5.74) is 0. The van der Waals surface area contributed by atoms with Gasteiger partial charge in [0, 0.05) is 6.61 Å². The van der Waals surface area contributed by atoms with Gasteiger partial charge in [0.25, 0.3) is 0 Å². The predicted molar refractivity (Wildman–Crippen MR) is 168 cm³/mol. The first kappa shape index (κ1) is 39.9.